The van der Waals surface area contributed by atoms with Crippen LogP contribution in [0.15, 0.2) is 47.8 Å². The molecule has 1 aromatic carbocycles. The molecule has 0 aliphatic carbocycles. The monoisotopic (exact) mass is 374 g/mol. The topological polar surface area (TPSA) is 108 Å². The second-order valence-electron chi connectivity index (χ2n) is 5.97. The number of carbonyl (C=O) groups is 2. The summed E-state index contributed by atoms with van der Waals surface area (Å²) in [6.07, 6.45) is 0. The third kappa shape index (κ3) is 4.16. The van der Waals surface area contributed by atoms with Gasteiger partial charge in [-0.2, -0.15) is 0 Å². The average molecular weight is 374 g/mol. The lowest BCUT2D eigenvalue weighted by atomic mass is 9.75. The maximum absolute atomic E-state index is 12.6. The molecule has 27 heavy (non-hydrogen) atoms. The van der Waals surface area contributed by atoms with Gasteiger partial charge in [0.05, 0.1) is 23.7 Å². The number of ether oxygens (including phenoxy) is 2. The smallest absolute Gasteiger partial charge is 0.336 e. The van der Waals surface area contributed by atoms with Gasteiger partial charge in [0, 0.05) is 29.4 Å². The van der Waals surface area contributed by atoms with Crippen molar-refractivity contribution in [3.63, 3.8) is 0 Å². The minimum absolute atomic E-state index is 0.0856. The Labute approximate surface area is 157 Å². The highest BCUT2D eigenvalue weighted by atomic mass is 16.6. The molecular formula is C19H22N2O6. The molecule has 0 radical (unpaired) electrons. The van der Waals surface area contributed by atoms with Gasteiger partial charge in [0.25, 0.3) is 5.69 Å². The number of allylic oxidation sites excluding steroid dienone is 1. The summed E-state index contributed by atoms with van der Waals surface area (Å²) >= 11 is 0. The number of rotatable bonds is 6. The molecule has 1 heterocycles. The molecule has 2 unspecified atom stereocenters. The molecule has 144 valence electrons. The summed E-state index contributed by atoms with van der Waals surface area (Å²) in [6, 6.07) is 5.72. The predicted molar refractivity (Wildman–Crippen MR) is 97.6 cm³/mol. The number of nitro benzene ring substituents is 1. The number of benzene rings is 1. The first-order valence-electron chi connectivity index (χ1n) is 8.56. The van der Waals surface area contributed by atoms with E-state index in [0.29, 0.717) is 17.0 Å². The molecule has 0 bridgehead atoms. The van der Waals surface area contributed by atoms with Gasteiger partial charge in [-0.25, -0.2) is 4.79 Å². The lowest BCUT2D eigenvalue weighted by Gasteiger charge is -2.35. The molecule has 0 spiro atoms. The predicted octanol–water partition coefficient (Wildman–Crippen LogP) is 2.81. The van der Waals surface area contributed by atoms with Crippen molar-refractivity contribution >= 4 is 17.6 Å². The zero-order chi connectivity index (χ0) is 20.1. The van der Waals surface area contributed by atoms with Gasteiger partial charge >= 0.3 is 11.9 Å². The summed E-state index contributed by atoms with van der Waals surface area (Å²) in [5.41, 5.74) is 1.65. The van der Waals surface area contributed by atoms with Crippen LogP contribution in [-0.4, -0.2) is 30.1 Å². The van der Waals surface area contributed by atoms with E-state index in [-0.39, 0.29) is 24.5 Å². The van der Waals surface area contributed by atoms with E-state index in [4.69, 9.17) is 9.47 Å². The Morgan fingerprint density at radius 2 is 1.78 bits per heavy atom. The molecule has 1 N–H and O–H groups in total. The number of nitro groups is 1. The molecule has 1 aliphatic heterocycles. The molecule has 2 rings (SSSR count). The summed E-state index contributed by atoms with van der Waals surface area (Å²) in [6.45, 7) is 9.32. The van der Waals surface area contributed by atoms with Crippen LogP contribution >= 0.6 is 0 Å². The van der Waals surface area contributed by atoms with Crippen molar-refractivity contribution in [2.45, 2.75) is 26.7 Å². The van der Waals surface area contributed by atoms with Crippen LogP contribution in [0.5, 0.6) is 0 Å². The van der Waals surface area contributed by atoms with Crippen molar-refractivity contribution in [3.05, 3.63) is 63.5 Å². The number of hydrogen-bond donors (Lipinski definition) is 1. The largest absolute Gasteiger partial charge is 0.465 e. The maximum atomic E-state index is 12.6. The number of esters is 2. The van der Waals surface area contributed by atoms with Crippen LogP contribution in [0.4, 0.5) is 5.69 Å². The van der Waals surface area contributed by atoms with Crippen molar-refractivity contribution in [2.24, 2.45) is 5.92 Å². The van der Waals surface area contributed by atoms with E-state index >= 15 is 0 Å². The van der Waals surface area contributed by atoms with Gasteiger partial charge in [-0.05, 0) is 26.3 Å². The molecule has 0 amide bonds. The minimum atomic E-state index is -0.866. The van der Waals surface area contributed by atoms with Crippen molar-refractivity contribution in [2.75, 3.05) is 13.2 Å². The highest BCUT2D eigenvalue weighted by molar-refractivity contribution is 5.94. The van der Waals surface area contributed by atoms with Crippen molar-refractivity contribution in [3.8, 4) is 0 Å². The number of nitrogens with zero attached hydrogens (tertiary/aromatic N) is 1. The van der Waals surface area contributed by atoms with Crippen LogP contribution in [0.1, 0.15) is 32.3 Å². The number of hydrogen-bond acceptors (Lipinski definition) is 7. The fraction of sp³-hybridized carbons (Fsp3) is 0.368. The fourth-order valence-electron chi connectivity index (χ4n) is 3.15. The number of carbonyl (C=O) groups excluding carboxylic acids is 2. The summed E-state index contributed by atoms with van der Waals surface area (Å²) in [5, 5.41) is 13.9. The second-order valence-corrected chi connectivity index (χ2v) is 5.97. The first kappa shape index (κ1) is 20.2. The van der Waals surface area contributed by atoms with Crippen molar-refractivity contribution in [1.82, 2.24) is 5.32 Å². The van der Waals surface area contributed by atoms with E-state index in [1.807, 2.05) is 0 Å². The average Bonchev–Trinajstić information content (AvgIpc) is 2.61. The minimum Gasteiger partial charge on any atom is -0.465 e. The van der Waals surface area contributed by atoms with Crippen LogP contribution in [0, 0.1) is 16.0 Å². The lowest BCUT2D eigenvalue weighted by Crippen LogP contribution is -2.39. The second kappa shape index (κ2) is 8.48. The summed E-state index contributed by atoms with van der Waals surface area (Å²) in [4.78, 5) is 35.6. The normalized spacial score (nSPS) is 19.3. The van der Waals surface area contributed by atoms with E-state index in [9.17, 15) is 19.7 Å². The molecular weight excluding hydrogens is 352 g/mol. The van der Waals surface area contributed by atoms with Gasteiger partial charge < -0.3 is 14.8 Å². The van der Waals surface area contributed by atoms with E-state index in [2.05, 4.69) is 11.9 Å². The van der Waals surface area contributed by atoms with Gasteiger partial charge in [0.15, 0.2) is 0 Å². The first-order valence-corrected chi connectivity index (χ1v) is 8.56. The standard InChI is InChI=1S/C19H22N2O6/c1-5-26-18(22)15-11(3)20-12(4)16(19(23)27-6-2)17(15)13-7-9-14(10-8-13)21(24)25/h7-10,15,17,20H,3,5-6H2,1-2,4H3. The van der Waals surface area contributed by atoms with Crippen LogP contribution in [-0.2, 0) is 19.1 Å². The SMILES string of the molecule is C=C1NC(C)=C(C(=O)OCC)C(c2ccc([N+](=O)[O-])cc2)C1C(=O)OCC. The van der Waals surface area contributed by atoms with Crippen molar-refractivity contribution < 1.29 is 24.0 Å². The summed E-state index contributed by atoms with van der Waals surface area (Å²) < 4.78 is 10.3. The molecule has 0 saturated heterocycles. The third-order valence-corrected chi connectivity index (χ3v) is 4.27. The van der Waals surface area contributed by atoms with Crippen LogP contribution in [0.25, 0.3) is 0 Å². The van der Waals surface area contributed by atoms with E-state index < -0.39 is 28.7 Å². The molecule has 0 saturated carbocycles. The Hall–Kier alpha value is -3.16. The van der Waals surface area contributed by atoms with Gasteiger partial charge in [0.1, 0.15) is 5.92 Å². The number of nitrogens with one attached hydrogen (secondary N) is 1. The Balaban J connectivity index is 2.60. The van der Waals surface area contributed by atoms with E-state index in [1.54, 1.807) is 20.8 Å². The quantitative estimate of drug-likeness (QED) is 0.463. The Kier molecular flexibility index (Phi) is 6.33. The molecule has 0 aromatic heterocycles. The molecule has 2 atom stereocenters. The first-order chi connectivity index (χ1) is 12.8. The van der Waals surface area contributed by atoms with E-state index in [1.165, 1.54) is 24.3 Å². The Morgan fingerprint density at radius 1 is 1.19 bits per heavy atom. The highest BCUT2D eigenvalue weighted by Gasteiger charge is 2.43. The molecule has 8 heteroatoms. The Morgan fingerprint density at radius 3 is 2.30 bits per heavy atom. The van der Waals surface area contributed by atoms with Gasteiger partial charge in [0.2, 0.25) is 0 Å². The van der Waals surface area contributed by atoms with Gasteiger partial charge in [-0.15, -0.1) is 0 Å². The Bertz CT molecular complexity index is 797. The maximum Gasteiger partial charge on any atom is 0.336 e. The third-order valence-electron chi connectivity index (χ3n) is 4.27. The van der Waals surface area contributed by atoms with E-state index in [0.717, 1.165) is 0 Å². The highest BCUT2D eigenvalue weighted by Crippen LogP contribution is 2.41. The molecule has 0 fully saturated rings. The molecule has 1 aliphatic rings. The zero-order valence-electron chi connectivity index (χ0n) is 15.5. The van der Waals surface area contributed by atoms with Gasteiger partial charge in [-0.1, -0.05) is 18.7 Å². The fourth-order valence-corrected chi connectivity index (χ4v) is 3.15. The number of non-ortho nitro benzene ring substituents is 1. The zero-order valence-corrected chi connectivity index (χ0v) is 15.5. The van der Waals surface area contributed by atoms with Crippen LogP contribution < -0.4 is 5.32 Å². The van der Waals surface area contributed by atoms with Crippen molar-refractivity contribution in [1.29, 1.82) is 0 Å². The van der Waals surface area contributed by atoms with Crippen LogP contribution in [0.2, 0.25) is 0 Å². The summed E-state index contributed by atoms with van der Waals surface area (Å²) in [7, 11) is 0. The molecule has 8 nitrogen and oxygen atoms in total. The summed E-state index contributed by atoms with van der Waals surface area (Å²) in [5.74, 6) is -2.69. The molecule has 1 aromatic rings. The van der Waals surface area contributed by atoms with Crippen LogP contribution in [0.3, 0.4) is 0 Å². The lowest BCUT2D eigenvalue weighted by molar-refractivity contribution is -0.384. The van der Waals surface area contributed by atoms with Gasteiger partial charge in [-0.3, -0.25) is 14.9 Å².